The largest absolute Gasteiger partial charge is 0.497 e. The van der Waals surface area contributed by atoms with Gasteiger partial charge in [-0.3, -0.25) is 9.59 Å². The molecule has 1 aromatic carbocycles. The van der Waals surface area contributed by atoms with E-state index in [-0.39, 0.29) is 24.2 Å². The van der Waals surface area contributed by atoms with Crippen molar-refractivity contribution < 1.29 is 19.1 Å². The molecule has 6 heteroatoms. The molecule has 1 heterocycles. The van der Waals surface area contributed by atoms with Crippen LogP contribution in [0.1, 0.15) is 6.42 Å². The normalized spacial score (nSPS) is 17.9. The van der Waals surface area contributed by atoms with Gasteiger partial charge < -0.3 is 19.7 Å². The van der Waals surface area contributed by atoms with E-state index in [1.165, 1.54) is 0 Å². The van der Waals surface area contributed by atoms with Gasteiger partial charge in [-0.1, -0.05) is 0 Å². The van der Waals surface area contributed by atoms with Gasteiger partial charge in [0.05, 0.1) is 19.6 Å². The summed E-state index contributed by atoms with van der Waals surface area (Å²) in [5.41, 5.74) is 0.785. The van der Waals surface area contributed by atoms with E-state index in [1.807, 2.05) is 12.1 Å². The number of carbonyl (C=O) groups is 2. The van der Waals surface area contributed by atoms with Crippen LogP contribution in [0.2, 0.25) is 0 Å². The predicted octanol–water partition coefficient (Wildman–Crippen LogP) is 0.811. The first kappa shape index (κ1) is 15.3. The summed E-state index contributed by atoms with van der Waals surface area (Å²) in [5, 5.41) is 2.77. The van der Waals surface area contributed by atoms with Crippen LogP contribution in [0.4, 0.5) is 5.69 Å². The smallest absolute Gasteiger partial charge is 0.227 e. The van der Waals surface area contributed by atoms with E-state index in [1.54, 1.807) is 31.3 Å². The van der Waals surface area contributed by atoms with Crippen LogP contribution in [0.3, 0.4) is 0 Å². The molecule has 1 aliphatic rings. The molecule has 0 aromatic heterocycles. The number of nitrogens with zero attached hydrogens (tertiary/aromatic N) is 1. The summed E-state index contributed by atoms with van der Waals surface area (Å²) in [7, 11) is 3.17. The lowest BCUT2D eigenvalue weighted by Gasteiger charge is -2.17. The Morgan fingerprint density at radius 1 is 1.33 bits per heavy atom. The molecule has 2 amide bonds. The number of hydrogen-bond donors (Lipinski definition) is 1. The van der Waals surface area contributed by atoms with Gasteiger partial charge in [-0.25, -0.2) is 0 Å². The molecule has 0 unspecified atom stereocenters. The van der Waals surface area contributed by atoms with E-state index < -0.39 is 0 Å². The van der Waals surface area contributed by atoms with Gasteiger partial charge in [0.2, 0.25) is 11.8 Å². The van der Waals surface area contributed by atoms with Gasteiger partial charge in [0.1, 0.15) is 5.75 Å². The second-order valence-corrected chi connectivity index (χ2v) is 4.89. The summed E-state index contributed by atoms with van der Waals surface area (Å²) in [6, 6.07) is 7.24. The Bertz CT molecular complexity index is 501. The number of hydrogen-bond acceptors (Lipinski definition) is 4. The van der Waals surface area contributed by atoms with Crippen molar-refractivity contribution >= 4 is 17.5 Å². The first-order valence-electron chi connectivity index (χ1n) is 6.86. The van der Waals surface area contributed by atoms with Gasteiger partial charge in [0.15, 0.2) is 0 Å². The molecule has 1 aromatic rings. The summed E-state index contributed by atoms with van der Waals surface area (Å²) in [6.45, 7) is 1.33. The fourth-order valence-corrected chi connectivity index (χ4v) is 2.32. The van der Waals surface area contributed by atoms with Crippen molar-refractivity contribution in [2.24, 2.45) is 5.92 Å². The van der Waals surface area contributed by atoms with Gasteiger partial charge in [-0.15, -0.1) is 0 Å². The molecule has 1 fully saturated rings. The van der Waals surface area contributed by atoms with E-state index >= 15 is 0 Å². The average Bonchev–Trinajstić information content (AvgIpc) is 2.89. The lowest BCUT2D eigenvalue weighted by Crippen LogP contribution is -2.34. The third-order valence-electron chi connectivity index (χ3n) is 3.49. The molecule has 21 heavy (non-hydrogen) atoms. The Kier molecular flexibility index (Phi) is 5.16. The van der Waals surface area contributed by atoms with Crippen molar-refractivity contribution in [2.75, 3.05) is 38.8 Å². The van der Waals surface area contributed by atoms with Crippen LogP contribution in [-0.4, -0.2) is 45.7 Å². The molecule has 0 aliphatic carbocycles. The Labute approximate surface area is 124 Å². The molecule has 0 radical (unpaired) electrons. The van der Waals surface area contributed by atoms with Crippen molar-refractivity contribution in [3.63, 3.8) is 0 Å². The molecule has 1 atom stereocenters. The topological polar surface area (TPSA) is 67.9 Å². The van der Waals surface area contributed by atoms with Gasteiger partial charge in [-0.05, 0) is 24.3 Å². The van der Waals surface area contributed by atoms with Crippen LogP contribution in [0.5, 0.6) is 5.75 Å². The third-order valence-corrected chi connectivity index (χ3v) is 3.49. The maximum Gasteiger partial charge on any atom is 0.227 e. The highest BCUT2D eigenvalue weighted by Crippen LogP contribution is 2.26. The monoisotopic (exact) mass is 292 g/mol. The van der Waals surface area contributed by atoms with Crippen molar-refractivity contribution in [2.45, 2.75) is 6.42 Å². The Morgan fingerprint density at radius 2 is 2.05 bits per heavy atom. The number of benzene rings is 1. The second kappa shape index (κ2) is 7.08. The highest BCUT2D eigenvalue weighted by Gasteiger charge is 2.34. The van der Waals surface area contributed by atoms with Crippen molar-refractivity contribution in [1.82, 2.24) is 5.32 Å². The van der Waals surface area contributed by atoms with E-state index in [4.69, 9.17) is 9.47 Å². The number of nitrogens with one attached hydrogen (secondary N) is 1. The molecule has 2 rings (SSSR count). The van der Waals surface area contributed by atoms with Gasteiger partial charge in [0, 0.05) is 32.3 Å². The third kappa shape index (κ3) is 3.72. The van der Waals surface area contributed by atoms with Gasteiger partial charge in [0.25, 0.3) is 0 Å². The van der Waals surface area contributed by atoms with Crippen LogP contribution < -0.4 is 15.0 Å². The lowest BCUT2D eigenvalue weighted by molar-refractivity contribution is -0.126. The van der Waals surface area contributed by atoms with Crippen molar-refractivity contribution in [3.05, 3.63) is 24.3 Å². The van der Waals surface area contributed by atoms with E-state index in [2.05, 4.69) is 5.32 Å². The van der Waals surface area contributed by atoms with Crippen LogP contribution in [0.15, 0.2) is 24.3 Å². The zero-order valence-corrected chi connectivity index (χ0v) is 12.3. The molecule has 0 bridgehead atoms. The van der Waals surface area contributed by atoms with Crippen LogP contribution in [0.25, 0.3) is 0 Å². The number of rotatable bonds is 6. The highest BCUT2D eigenvalue weighted by molar-refractivity contribution is 6.00. The minimum absolute atomic E-state index is 0.0351. The SMILES string of the molecule is COCCNC(=O)[C@@H]1CC(=O)N(c2ccc(OC)cc2)C1. The molecule has 1 aliphatic heterocycles. The maximum absolute atomic E-state index is 12.1. The number of ether oxygens (including phenoxy) is 2. The Balaban J connectivity index is 1.96. The molecular weight excluding hydrogens is 272 g/mol. The lowest BCUT2D eigenvalue weighted by atomic mass is 10.1. The minimum atomic E-state index is -0.309. The molecular formula is C15H20N2O4. The van der Waals surface area contributed by atoms with E-state index in [0.717, 1.165) is 11.4 Å². The molecule has 0 spiro atoms. The van der Waals surface area contributed by atoms with Crippen molar-refractivity contribution in [3.8, 4) is 5.75 Å². The van der Waals surface area contributed by atoms with Gasteiger partial charge in [-0.2, -0.15) is 0 Å². The summed E-state index contributed by atoms with van der Waals surface area (Å²) < 4.78 is 9.98. The number of anilines is 1. The maximum atomic E-state index is 12.1. The first-order chi connectivity index (χ1) is 10.2. The fraction of sp³-hybridized carbons (Fsp3) is 0.467. The number of methoxy groups -OCH3 is 2. The predicted molar refractivity (Wildman–Crippen MR) is 78.3 cm³/mol. The summed E-state index contributed by atoms with van der Waals surface area (Å²) in [5.74, 6) is 0.291. The first-order valence-corrected chi connectivity index (χ1v) is 6.86. The fourth-order valence-electron chi connectivity index (χ4n) is 2.32. The molecule has 1 saturated heterocycles. The molecule has 0 saturated carbocycles. The van der Waals surface area contributed by atoms with E-state index in [0.29, 0.717) is 19.7 Å². The van der Waals surface area contributed by atoms with Crippen molar-refractivity contribution in [1.29, 1.82) is 0 Å². The Morgan fingerprint density at radius 3 is 2.67 bits per heavy atom. The average molecular weight is 292 g/mol. The quantitative estimate of drug-likeness (QED) is 0.788. The second-order valence-electron chi connectivity index (χ2n) is 4.89. The summed E-state index contributed by atoms with van der Waals surface area (Å²) in [4.78, 5) is 25.7. The summed E-state index contributed by atoms with van der Waals surface area (Å²) >= 11 is 0. The van der Waals surface area contributed by atoms with Gasteiger partial charge >= 0.3 is 0 Å². The van der Waals surface area contributed by atoms with E-state index in [9.17, 15) is 9.59 Å². The zero-order valence-electron chi connectivity index (χ0n) is 12.3. The summed E-state index contributed by atoms with van der Waals surface area (Å²) in [6.07, 6.45) is 0.241. The Hall–Kier alpha value is -2.08. The van der Waals surface area contributed by atoms with Crippen LogP contribution >= 0.6 is 0 Å². The van der Waals surface area contributed by atoms with Crippen LogP contribution in [0, 0.1) is 5.92 Å². The number of amides is 2. The molecule has 6 nitrogen and oxygen atoms in total. The zero-order chi connectivity index (χ0) is 15.2. The number of carbonyl (C=O) groups excluding carboxylic acids is 2. The minimum Gasteiger partial charge on any atom is -0.497 e. The van der Waals surface area contributed by atoms with Crippen LogP contribution in [-0.2, 0) is 14.3 Å². The standard InChI is InChI=1S/C15H20N2O4/c1-20-8-7-16-15(19)11-9-14(18)17(10-11)12-3-5-13(21-2)6-4-12/h3-6,11H,7-10H2,1-2H3,(H,16,19)/t11-/m1/s1. The molecule has 1 N–H and O–H groups in total. The molecule has 114 valence electrons. The highest BCUT2D eigenvalue weighted by atomic mass is 16.5.